The van der Waals surface area contributed by atoms with Crippen LogP contribution in [0.5, 0.6) is 0 Å². The third-order valence-electron chi connectivity index (χ3n) is 6.83. The number of benzene rings is 5. The Hall–Kier alpha value is -4.26. The zero-order chi connectivity index (χ0) is 25.2. The molecule has 2 nitrogen and oxygen atoms in total. The Morgan fingerprint density at radius 1 is 0.568 bits per heavy atom. The fourth-order valence-corrected chi connectivity index (χ4v) is 7.72. The number of para-hydroxylation sites is 1. The van der Waals surface area contributed by atoms with Crippen molar-refractivity contribution in [2.75, 3.05) is 0 Å². The molecule has 0 aliphatic rings. The highest BCUT2D eigenvalue weighted by molar-refractivity contribution is 7.85. The molecular weight excluding hydrogens is 469 g/mol. The van der Waals surface area contributed by atoms with E-state index < -0.39 is 7.14 Å². The van der Waals surface area contributed by atoms with Crippen molar-refractivity contribution in [3.05, 3.63) is 145 Å². The van der Waals surface area contributed by atoms with E-state index in [1.807, 2.05) is 91.0 Å². The van der Waals surface area contributed by atoms with Crippen LogP contribution in [0.2, 0.25) is 0 Å². The molecule has 1 heterocycles. The van der Waals surface area contributed by atoms with Gasteiger partial charge in [-0.3, -0.25) is 0 Å². The van der Waals surface area contributed by atoms with Crippen LogP contribution in [0.1, 0.15) is 5.56 Å². The first kappa shape index (κ1) is 23.2. The smallest absolute Gasteiger partial charge is 0.173 e. The quantitative estimate of drug-likeness (QED) is 0.232. The van der Waals surface area contributed by atoms with Crippen LogP contribution in [-0.4, -0.2) is 4.98 Å². The zero-order valence-corrected chi connectivity index (χ0v) is 21.5. The number of aryl methyl sites for hydroxylation is 1. The summed E-state index contributed by atoms with van der Waals surface area (Å²) in [7, 11) is -3.22. The molecule has 178 valence electrons. The summed E-state index contributed by atoms with van der Waals surface area (Å²) in [4.78, 5) is 5.19. The number of hydrogen-bond acceptors (Lipinski definition) is 2. The highest BCUT2D eigenvalue weighted by Gasteiger charge is 2.32. The van der Waals surface area contributed by atoms with Crippen LogP contribution in [0, 0.1) is 6.92 Å². The van der Waals surface area contributed by atoms with Gasteiger partial charge in [-0.2, -0.15) is 0 Å². The third kappa shape index (κ3) is 4.20. The average molecular weight is 496 g/mol. The van der Waals surface area contributed by atoms with Gasteiger partial charge in [-0.05, 0) is 30.2 Å². The van der Waals surface area contributed by atoms with Gasteiger partial charge >= 0.3 is 0 Å². The molecule has 1 aromatic heterocycles. The Bertz CT molecular complexity index is 1690. The summed E-state index contributed by atoms with van der Waals surface area (Å²) < 4.78 is 15.3. The molecule has 0 unspecified atom stereocenters. The largest absolute Gasteiger partial charge is 0.309 e. The predicted molar refractivity (Wildman–Crippen MR) is 157 cm³/mol. The molecule has 0 bridgehead atoms. The first-order valence-electron chi connectivity index (χ1n) is 12.4. The number of nitrogens with zero attached hydrogens (tertiary/aromatic N) is 1. The van der Waals surface area contributed by atoms with E-state index in [9.17, 15) is 0 Å². The minimum Gasteiger partial charge on any atom is -0.309 e. The van der Waals surface area contributed by atoms with E-state index in [1.54, 1.807) is 0 Å². The number of pyridine rings is 1. The van der Waals surface area contributed by atoms with Crippen molar-refractivity contribution < 1.29 is 4.57 Å². The van der Waals surface area contributed by atoms with Crippen molar-refractivity contribution >= 4 is 34.0 Å². The molecule has 5 aromatic carbocycles. The minimum absolute atomic E-state index is 0.758. The maximum Gasteiger partial charge on any atom is 0.173 e. The minimum atomic E-state index is -3.22. The maximum absolute atomic E-state index is 15.3. The fraction of sp³-hybridized carbons (Fsp3) is 0.0294. The summed E-state index contributed by atoms with van der Waals surface area (Å²) in [5.74, 6) is 0. The Kier molecular flexibility index (Phi) is 6.04. The Balaban J connectivity index is 1.72. The lowest BCUT2D eigenvalue weighted by Gasteiger charge is -2.22. The lowest BCUT2D eigenvalue weighted by Crippen LogP contribution is -2.26. The van der Waals surface area contributed by atoms with Gasteiger partial charge in [-0.15, -0.1) is 0 Å². The number of fused-ring (bicyclic) bond motifs is 1. The van der Waals surface area contributed by atoms with Crippen molar-refractivity contribution in [2.45, 2.75) is 6.92 Å². The highest BCUT2D eigenvalue weighted by atomic mass is 31.2. The molecule has 0 saturated heterocycles. The number of aromatic nitrogens is 1. The molecule has 0 atom stereocenters. The predicted octanol–water partition coefficient (Wildman–Crippen LogP) is 7.52. The van der Waals surface area contributed by atoms with E-state index in [1.165, 1.54) is 5.56 Å². The van der Waals surface area contributed by atoms with Crippen molar-refractivity contribution in [2.24, 2.45) is 0 Å². The van der Waals surface area contributed by atoms with Crippen molar-refractivity contribution in [3.8, 4) is 22.4 Å². The van der Waals surface area contributed by atoms with Gasteiger partial charge in [0.1, 0.15) is 0 Å². The fourth-order valence-electron chi connectivity index (χ4n) is 4.92. The standard InChI is InChI=1S/C34H26NOP/c1-25-20-22-26(23-21-25)31-24-32(27-12-5-2-6-13-27)35-34-30(31)18-11-19-33(34)37(36,28-14-7-3-8-15-28)29-16-9-4-10-17-29/h2-24H,1H3. The average Bonchev–Trinajstić information content (AvgIpc) is 2.98. The summed E-state index contributed by atoms with van der Waals surface area (Å²) in [6.07, 6.45) is 0. The van der Waals surface area contributed by atoms with Gasteiger partial charge in [-0.25, -0.2) is 4.98 Å². The van der Waals surface area contributed by atoms with Gasteiger partial charge in [0.25, 0.3) is 0 Å². The SMILES string of the molecule is Cc1ccc(-c2cc(-c3ccccc3)nc3c(P(=O)(c4ccccc4)c4ccccc4)cccc23)cc1. The zero-order valence-electron chi connectivity index (χ0n) is 20.6. The summed E-state index contributed by atoms with van der Waals surface area (Å²) in [6, 6.07) is 46.6. The first-order chi connectivity index (χ1) is 18.1. The Labute approximate surface area is 217 Å². The number of hydrogen-bond donors (Lipinski definition) is 0. The Morgan fingerprint density at radius 3 is 1.73 bits per heavy atom. The molecule has 0 saturated carbocycles. The second kappa shape index (κ2) is 9.65. The monoisotopic (exact) mass is 495 g/mol. The second-order valence-corrected chi connectivity index (χ2v) is 12.0. The lowest BCUT2D eigenvalue weighted by atomic mass is 9.97. The van der Waals surface area contributed by atoms with Gasteiger partial charge in [-0.1, -0.05) is 133 Å². The Morgan fingerprint density at radius 2 is 1.14 bits per heavy atom. The van der Waals surface area contributed by atoms with E-state index in [-0.39, 0.29) is 0 Å². The van der Waals surface area contributed by atoms with E-state index in [2.05, 4.69) is 55.5 Å². The van der Waals surface area contributed by atoms with Crippen LogP contribution >= 0.6 is 7.14 Å². The van der Waals surface area contributed by atoms with Gasteiger partial charge in [0.2, 0.25) is 0 Å². The molecular formula is C34H26NOP. The van der Waals surface area contributed by atoms with Crippen molar-refractivity contribution in [1.82, 2.24) is 4.98 Å². The molecule has 0 radical (unpaired) electrons. The molecule has 37 heavy (non-hydrogen) atoms. The van der Waals surface area contributed by atoms with Gasteiger partial charge in [0, 0.05) is 26.9 Å². The number of rotatable bonds is 5. The van der Waals surface area contributed by atoms with Crippen LogP contribution in [0.4, 0.5) is 0 Å². The second-order valence-electron chi connectivity index (χ2n) is 9.24. The van der Waals surface area contributed by atoms with Crippen molar-refractivity contribution in [1.29, 1.82) is 0 Å². The van der Waals surface area contributed by atoms with Gasteiger partial charge < -0.3 is 4.57 Å². The van der Waals surface area contributed by atoms with Crippen LogP contribution in [-0.2, 0) is 4.57 Å². The highest BCUT2D eigenvalue weighted by Crippen LogP contribution is 2.45. The summed E-state index contributed by atoms with van der Waals surface area (Å²) in [6.45, 7) is 2.10. The van der Waals surface area contributed by atoms with E-state index in [0.29, 0.717) is 0 Å². The van der Waals surface area contributed by atoms with E-state index in [0.717, 1.165) is 49.2 Å². The normalized spacial score (nSPS) is 11.5. The molecule has 6 aromatic rings. The maximum atomic E-state index is 15.3. The molecule has 0 aliphatic heterocycles. The lowest BCUT2D eigenvalue weighted by molar-refractivity contribution is 0.592. The van der Waals surface area contributed by atoms with Crippen molar-refractivity contribution in [3.63, 3.8) is 0 Å². The van der Waals surface area contributed by atoms with Gasteiger partial charge in [0.05, 0.1) is 11.2 Å². The summed E-state index contributed by atoms with van der Waals surface area (Å²) in [5.41, 5.74) is 6.07. The molecule has 0 amide bonds. The molecule has 0 N–H and O–H groups in total. The topological polar surface area (TPSA) is 30.0 Å². The molecule has 3 heteroatoms. The van der Waals surface area contributed by atoms with E-state index >= 15 is 4.57 Å². The third-order valence-corrected chi connectivity index (χ3v) is 9.92. The van der Waals surface area contributed by atoms with Crippen LogP contribution in [0.15, 0.2) is 140 Å². The summed E-state index contributed by atoms with van der Waals surface area (Å²) >= 11 is 0. The van der Waals surface area contributed by atoms with Crippen LogP contribution in [0.25, 0.3) is 33.3 Å². The van der Waals surface area contributed by atoms with Crippen LogP contribution < -0.4 is 15.9 Å². The van der Waals surface area contributed by atoms with Crippen LogP contribution in [0.3, 0.4) is 0 Å². The first-order valence-corrected chi connectivity index (χ1v) is 14.1. The molecule has 0 aliphatic carbocycles. The summed E-state index contributed by atoms with van der Waals surface area (Å²) in [5, 5.41) is 3.36. The van der Waals surface area contributed by atoms with E-state index in [4.69, 9.17) is 4.98 Å². The van der Waals surface area contributed by atoms with Gasteiger partial charge in [0.15, 0.2) is 7.14 Å². The molecule has 0 fully saturated rings. The molecule has 0 spiro atoms. The molecule has 6 rings (SSSR count).